The number of carbonyl (C=O) groups is 1. The van der Waals surface area contributed by atoms with Crippen molar-refractivity contribution in [2.24, 2.45) is 5.92 Å². The highest BCUT2D eigenvalue weighted by Crippen LogP contribution is 2.26. The van der Waals surface area contributed by atoms with Crippen LogP contribution < -0.4 is 15.4 Å². The number of halogens is 2. The molecule has 0 radical (unpaired) electrons. The minimum Gasteiger partial charge on any atom is -0.486 e. The lowest BCUT2D eigenvalue weighted by Gasteiger charge is -2.26. The van der Waals surface area contributed by atoms with Crippen molar-refractivity contribution in [2.75, 3.05) is 19.6 Å². The van der Waals surface area contributed by atoms with Crippen LogP contribution >= 0.6 is 27.5 Å². The maximum absolute atomic E-state index is 13.1. The first-order valence-electron chi connectivity index (χ1n) is 11.8. The van der Waals surface area contributed by atoms with Gasteiger partial charge in [-0.1, -0.05) is 63.4 Å². The van der Waals surface area contributed by atoms with Gasteiger partial charge in [0, 0.05) is 22.1 Å². The average Bonchev–Trinajstić information content (AvgIpc) is 3.23. The maximum Gasteiger partial charge on any atom is 0.255 e. The molecule has 35 heavy (non-hydrogen) atoms. The van der Waals surface area contributed by atoms with Crippen LogP contribution in [0.2, 0.25) is 5.02 Å². The fourth-order valence-electron chi connectivity index (χ4n) is 3.82. The number of aromatic nitrogens is 1. The van der Waals surface area contributed by atoms with Crippen LogP contribution in [0, 0.1) is 12.8 Å². The number of nitrogens with one attached hydrogen (secondary N) is 2. The average molecular weight is 559 g/mol. The van der Waals surface area contributed by atoms with Gasteiger partial charge in [-0.3, -0.25) is 4.79 Å². The molecule has 184 valence electrons. The summed E-state index contributed by atoms with van der Waals surface area (Å²) in [5, 5.41) is 11.0. The molecule has 1 fully saturated rings. The van der Waals surface area contributed by atoms with Gasteiger partial charge in [0.1, 0.15) is 23.8 Å². The number of carbonyl (C=O) groups excluding carboxylic acids is 1. The molecule has 1 aromatic heterocycles. The van der Waals surface area contributed by atoms with Gasteiger partial charge in [0.05, 0.1) is 5.56 Å². The molecular formula is C27H29BrClN3O3. The van der Waals surface area contributed by atoms with E-state index in [1.54, 1.807) is 0 Å². The minimum atomic E-state index is -0.149. The van der Waals surface area contributed by atoms with E-state index in [2.05, 4.69) is 31.7 Å². The molecule has 3 aromatic rings. The second-order valence-corrected chi connectivity index (χ2v) is 10.0. The highest BCUT2D eigenvalue weighted by molar-refractivity contribution is 9.10. The van der Waals surface area contributed by atoms with Crippen molar-refractivity contribution in [3.05, 3.63) is 80.1 Å². The van der Waals surface area contributed by atoms with Crippen LogP contribution in [0.5, 0.6) is 5.75 Å². The van der Waals surface area contributed by atoms with E-state index in [0.717, 1.165) is 47.4 Å². The van der Waals surface area contributed by atoms with E-state index in [1.807, 2.05) is 61.5 Å². The third kappa shape index (κ3) is 7.43. The second-order valence-electron chi connectivity index (χ2n) is 8.75. The molecular weight excluding hydrogens is 530 g/mol. The fourth-order valence-corrected chi connectivity index (χ4v) is 4.64. The van der Waals surface area contributed by atoms with Gasteiger partial charge in [-0.05, 0) is 74.2 Å². The number of amides is 1. The number of nitrogens with zero attached hydrogens (tertiary/aromatic N) is 1. The van der Waals surface area contributed by atoms with Gasteiger partial charge in [0.15, 0.2) is 0 Å². The zero-order valence-corrected chi connectivity index (χ0v) is 22.0. The summed E-state index contributed by atoms with van der Waals surface area (Å²) in [6.45, 7) is 4.92. The monoisotopic (exact) mass is 557 g/mol. The van der Waals surface area contributed by atoms with Crippen LogP contribution in [0.4, 0.5) is 0 Å². The van der Waals surface area contributed by atoms with Crippen LogP contribution in [0.25, 0.3) is 12.2 Å². The van der Waals surface area contributed by atoms with Crippen molar-refractivity contribution in [2.45, 2.75) is 32.8 Å². The van der Waals surface area contributed by atoms with E-state index in [1.165, 1.54) is 6.42 Å². The minimum absolute atomic E-state index is 0.149. The molecule has 0 saturated carbocycles. The molecule has 0 spiro atoms. The van der Waals surface area contributed by atoms with Gasteiger partial charge in [-0.15, -0.1) is 0 Å². The van der Waals surface area contributed by atoms with Crippen molar-refractivity contribution in [3.8, 4) is 5.75 Å². The third-order valence-corrected chi connectivity index (χ3v) is 6.83. The Kier molecular flexibility index (Phi) is 9.01. The van der Waals surface area contributed by atoms with Crippen molar-refractivity contribution < 1.29 is 14.1 Å². The van der Waals surface area contributed by atoms with E-state index in [9.17, 15) is 4.79 Å². The summed E-state index contributed by atoms with van der Waals surface area (Å²) in [6, 6.07) is 13.0. The van der Waals surface area contributed by atoms with Crippen LogP contribution in [0.1, 0.15) is 52.2 Å². The Balaban J connectivity index is 1.45. The lowest BCUT2D eigenvalue weighted by Crippen LogP contribution is -2.41. The van der Waals surface area contributed by atoms with Gasteiger partial charge in [-0.25, -0.2) is 0 Å². The van der Waals surface area contributed by atoms with E-state index in [0.29, 0.717) is 34.3 Å². The van der Waals surface area contributed by atoms with Crippen molar-refractivity contribution in [3.63, 3.8) is 0 Å². The van der Waals surface area contributed by atoms with Gasteiger partial charge >= 0.3 is 0 Å². The maximum atomic E-state index is 13.1. The summed E-state index contributed by atoms with van der Waals surface area (Å²) in [7, 11) is 0. The number of unbranched alkanes of at least 4 members (excludes halogenated alkanes) is 1. The van der Waals surface area contributed by atoms with Crippen molar-refractivity contribution in [1.82, 2.24) is 15.8 Å². The summed E-state index contributed by atoms with van der Waals surface area (Å²) in [4.78, 5) is 13.1. The van der Waals surface area contributed by atoms with E-state index >= 15 is 0 Å². The highest BCUT2D eigenvalue weighted by atomic mass is 79.9. The molecule has 4 rings (SSSR count). The largest absolute Gasteiger partial charge is 0.486 e. The van der Waals surface area contributed by atoms with Crippen LogP contribution in [-0.4, -0.2) is 30.7 Å². The van der Waals surface area contributed by atoms with Crippen molar-refractivity contribution >= 4 is 45.6 Å². The van der Waals surface area contributed by atoms with Gasteiger partial charge in [0.25, 0.3) is 5.91 Å². The number of aryl methyl sites for hydroxylation is 1. The van der Waals surface area contributed by atoms with E-state index in [-0.39, 0.29) is 12.5 Å². The molecule has 0 unspecified atom stereocenters. The molecule has 0 aliphatic carbocycles. The molecule has 1 saturated heterocycles. The Hall–Kier alpha value is -2.61. The van der Waals surface area contributed by atoms with Crippen LogP contribution in [0.15, 0.2) is 51.5 Å². The number of ether oxygens (including phenoxy) is 1. The Morgan fingerprint density at radius 1 is 1.23 bits per heavy atom. The Morgan fingerprint density at radius 3 is 2.80 bits per heavy atom. The molecule has 0 bridgehead atoms. The van der Waals surface area contributed by atoms with Gasteiger partial charge < -0.3 is 19.9 Å². The van der Waals surface area contributed by atoms with E-state index < -0.39 is 0 Å². The number of benzene rings is 2. The first-order chi connectivity index (χ1) is 17.0. The summed E-state index contributed by atoms with van der Waals surface area (Å²) >= 11 is 9.58. The standard InChI is InChI=1S/C27H29BrClN3O3/c1-18-12-23(32-35-18)17-34-26-10-6-19(5-7-21-8-9-22(29)14-25(21)28)13-24(26)27(33)31-11-3-2-4-20-15-30-16-20/h5-10,12-14,20,30H,2-4,11,15-17H2,1H3,(H,31,33)/b7-5+. The van der Waals surface area contributed by atoms with E-state index in [4.69, 9.17) is 20.9 Å². The Labute approximate surface area is 219 Å². The van der Waals surface area contributed by atoms with Gasteiger partial charge in [-0.2, -0.15) is 0 Å². The van der Waals surface area contributed by atoms with Gasteiger partial charge in [0.2, 0.25) is 0 Å². The smallest absolute Gasteiger partial charge is 0.255 e. The molecule has 1 aliphatic rings. The fraction of sp³-hybridized carbons (Fsp3) is 0.333. The SMILES string of the molecule is Cc1cc(COc2ccc(/C=C/c3ccc(Cl)cc3Br)cc2C(=O)NCCCCC2CNC2)no1. The number of hydrogen-bond donors (Lipinski definition) is 2. The Morgan fingerprint density at radius 2 is 2.09 bits per heavy atom. The first-order valence-corrected chi connectivity index (χ1v) is 13.0. The zero-order chi connectivity index (χ0) is 24.6. The van der Waals surface area contributed by atoms with Crippen LogP contribution in [-0.2, 0) is 6.61 Å². The van der Waals surface area contributed by atoms with Crippen molar-refractivity contribution in [1.29, 1.82) is 0 Å². The molecule has 1 aliphatic heterocycles. The summed E-state index contributed by atoms with van der Waals surface area (Å²) in [5.41, 5.74) is 3.05. The lowest BCUT2D eigenvalue weighted by atomic mass is 9.96. The first kappa shape index (κ1) is 25.5. The lowest BCUT2D eigenvalue weighted by molar-refractivity contribution is 0.0948. The highest BCUT2D eigenvalue weighted by Gasteiger charge is 2.16. The number of hydrogen-bond acceptors (Lipinski definition) is 5. The molecule has 2 N–H and O–H groups in total. The molecule has 2 aromatic carbocycles. The topological polar surface area (TPSA) is 76.4 Å². The predicted octanol–water partition coefficient (Wildman–Crippen LogP) is 6.27. The van der Waals surface area contributed by atoms with Crippen LogP contribution in [0.3, 0.4) is 0 Å². The molecule has 2 heterocycles. The zero-order valence-electron chi connectivity index (χ0n) is 19.7. The quantitative estimate of drug-likeness (QED) is 0.214. The number of rotatable bonds is 11. The summed E-state index contributed by atoms with van der Waals surface area (Å²) in [5.74, 6) is 1.86. The molecule has 8 heteroatoms. The molecule has 1 amide bonds. The molecule has 0 atom stereocenters. The normalized spacial score (nSPS) is 13.7. The summed E-state index contributed by atoms with van der Waals surface area (Å²) in [6.07, 6.45) is 7.21. The molecule has 6 nitrogen and oxygen atoms in total. The predicted molar refractivity (Wildman–Crippen MR) is 143 cm³/mol. The second kappa shape index (κ2) is 12.4. The Bertz CT molecular complexity index is 1190. The third-order valence-electron chi connectivity index (χ3n) is 5.91. The summed E-state index contributed by atoms with van der Waals surface area (Å²) < 4.78 is 12.0.